The number of amides is 1. The molecule has 1 aliphatic heterocycles. The summed E-state index contributed by atoms with van der Waals surface area (Å²) < 4.78 is 0. The molecule has 1 aliphatic rings. The maximum atomic E-state index is 12.1. The van der Waals surface area contributed by atoms with Crippen molar-refractivity contribution in [2.24, 2.45) is 0 Å². The maximum Gasteiger partial charge on any atom is 0.220 e. The Morgan fingerprint density at radius 1 is 1.15 bits per heavy atom. The monoisotopic (exact) mass is 390 g/mol. The van der Waals surface area contributed by atoms with Gasteiger partial charge in [-0.3, -0.25) is 4.79 Å². The number of fused-ring (bicyclic) bond motifs is 1. The molecule has 1 amide bonds. The molecule has 2 aromatic carbocycles. The lowest BCUT2D eigenvalue weighted by atomic mass is 10.1. The SMILES string of the molecule is CC1Cc2ccccc2N1CCCNC(=O)CCc1c(Cl)cccc1Cl. The van der Waals surface area contributed by atoms with E-state index in [1.165, 1.54) is 11.3 Å². The zero-order chi connectivity index (χ0) is 18.5. The summed E-state index contributed by atoms with van der Waals surface area (Å²) >= 11 is 12.3. The van der Waals surface area contributed by atoms with Crippen LogP contribution in [-0.2, 0) is 17.6 Å². The molecule has 0 fully saturated rings. The summed E-state index contributed by atoms with van der Waals surface area (Å²) in [5.74, 6) is 0.0378. The zero-order valence-electron chi connectivity index (χ0n) is 15.0. The Morgan fingerprint density at radius 2 is 1.88 bits per heavy atom. The van der Waals surface area contributed by atoms with E-state index in [-0.39, 0.29) is 5.91 Å². The molecule has 1 unspecified atom stereocenters. The van der Waals surface area contributed by atoms with Gasteiger partial charge in [-0.1, -0.05) is 47.5 Å². The van der Waals surface area contributed by atoms with Crippen molar-refractivity contribution in [3.63, 3.8) is 0 Å². The summed E-state index contributed by atoms with van der Waals surface area (Å²) in [7, 11) is 0. The molecule has 1 atom stereocenters. The van der Waals surface area contributed by atoms with Crippen molar-refractivity contribution in [1.29, 1.82) is 0 Å². The predicted molar refractivity (Wildman–Crippen MR) is 109 cm³/mol. The molecule has 0 spiro atoms. The number of para-hydroxylation sites is 1. The first-order valence-electron chi connectivity index (χ1n) is 9.10. The van der Waals surface area contributed by atoms with Gasteiger partial charge in [-0.15, -0.1) is 0 Å². The number of benzene rings is 2. The van der Waals surface area contributed by atoms with E-state index in [1.54, 1.807) is 12.1 Å². The van der Waals surface area contributed by atoms with Crippen LogP contribution in [0.3, 0.4) is 0 Å². The van der Waals surface area contributed by atoms with Gasteiger partial charge in [0.05, 0.1) is 0 Å². The van der Waals surface area contributed by atoms with Gasteiger partial charge < -0.3 is 10.2 Å². The van der Waals surface area contributed by atoms with Crippen molar-refractivity contribution in [1.82, 2.24) is 5.32 Å². The molecule has 0 aromatic heterocycles. The van der Waals surface area contributed by atoms with Crippen LogP contribution in [0.1, 0.15) is 30.9 Å². The Balaban J connectivity index is 1.41. The number of nitrogens with one attached hydrogen (secondary N) is 1. The van der Waals surface area contributed by atoms with Crippen LogP contribution in [0.15, 0.2) is 42.5 Å². The first kappa shape index (κ1) is 19.1. The first-order valence-corrected chi connectivity index (χ1v) is 9.86. The smallest absolute Gasteiger partial charge is 0.220 e. The molecule has 0 bridgehead atoms. The Bertz CT molecular complexity index is 758. The predicted octanol–water partition coefficient (Wildman–Crippen LogP) is 4.88. The average molecular weight is 391 g/mol. The molecule has 0 aliphatic carbocycles. The van der Waals surface area contributed by atoms with Gasteiger partial charge in [0.1, 0.15) is 0 Å². The standard InChI is InChI=1S/C21H24Cl2N2O/c1-15-14-16-6-2-3-9-20(16)25(15)13-5-12-24-21(26)11-10-17-18(22)7-4-8-19(17)23/h2-4,6-9,15H,5,10-14H2,1H3,(H,24,26). The van der Waals surface area contributed by atoms with Gasteiger partial charge in [0.2, 0.25) is 5.91 Å². The number of hydrogen-bond acceptors (Lipinski definition) is 2. The zero-order valence-corrected chi connectivity index (χ0v) is 16.5. The minimum atomic E-state index is 0.0378. The minimum Gasteiger partial charge on any atom is -0.368 e. The molecule has 2 aromatic rings. The molecular formula is C21H24Cl2N2O. The van der Waals surface area contributed by atoms with E-state index in [2.05, 4.69) is 41.4 Å². The molecular weight excluding hydrogens is 367 g/mol. The lowest BCUT2D eigenvalue weighted by molar-refractivity contribution is -0.121. The van der Waals surface area contributed by atoms with E-state index in [4.69, 9.17) is 23.2 Å². The van der Waals surface area contributed by atoms with Crippen molar-refractivity contribution in [2.45, 2.75) is 38.6 Å². The number of anilines is 1. The maximum absolute atomic E-state index is 12.1. The second-order valence-corrected chi connectivity index (χ2v) is 7.59. The fourth-order valence-electron chi connectivity index (χ4n) is 3.55. The van der Waals surface area contributed by atoms with Crippen LogP contribution in [0.5, 0.6) is 0 Å². The number of halogens is 2. The Kier molecular flexibility index (Phi) is 6.44. The number of rotatable bonds is 7. The number of hydrogen-bond donors (Lipinski definition) is 1. The number of nitrogens with zero attached hydrogens (tertiary/aromatic N) is 1. The van der Waals surface area contributed by atoms with E-state index >= 15 is 0 Å². The van der Waals surface area contributed by atoms with Gasteiger partial charge in [-0.25, -0.2) is 0 Å². The third-order valence-corrected chi connectivity index (χ3v) is 5.62. The average Bonchev–Trinajstić information content (AvgIpc) is 2.93. The summed E-state index contributed by atoms with van der Waals surface area (Å²) in [6.07, 6.45) is 2.98. The Labute approximate surface area is 165 Å². The second kappa shape index (κ2) is 8.79. The quantitative estimate of drug-likeness (QED) is 0.682. The summed E-state index contributed by atoms with van der Waals surface area (Å²) in [4.78, 5) is 14.5. The first-order chi connectivity index (χ1) is 12.6. The molecule has 0 saturated heterocycles. The summed E-state index contributed by atoms with van der Waals surface area (Å²) in [6, 6.07) is 14.5. The Morgan fingerprint density at radius 3 is 2.65 bits per heavy atom. The van der Waals surface area contributed by atoms with Gasteiger partial charge in [-0.05, 0) is 55.5 Å². The highest BCUT2D eigenvalue weighted by atomic mass is 35.5. The lowest BCUT2D eigenvalue weighted by Gasteiger charge is -2.24. The van der Waals surface area contributed by atoms with Crippen LogP contribution >= 0.6 is 23.2 Å². The van der Waals surface area contributed by atoms with E-state index in [1.807, 2.05) is 6.07 Å². The molecule has 1 N–H and O–H groups in total. The minimum absolute atomic E-state index is 0.0378. The van der Waals surface area contributed by atoms with Gasteiger partial charge in [-0.2, -0.15) is 0 Å². The van der Waals surface area contributed by atoms with Gasteiger partial charge in [0, 0.05) is 41.3 Å². The van der Waals surface area contributed by atoms with Crippen LogP contribution in [0.25, 0.3) is 0 Å². The molecule has 26 heavy (non-hydrogen) atoms. The highest BCUT2D eigenvalue weighted by Gasteiger charge is 2.24. The summed E-state index contributed by atoms with van der Waals surface area (Å²) in [5.41, 5.74) is 3.59. The molecule has 3 rings (SSSR count). The van der Waals surface area contributed by atoms with Gasteiger partial charge in [0.15, 0.2) is 0 Å². The van der Waals surface area contributed by atoms with E-state index in [9.17, 15) is 4.79 Å². The molecule has 138 valence electrons. The van der Waals surface area contributed by atoms with Crippen molar-refractivity contribution < 1.29 is 4.79 Å². The van der Waals surface area contributed by atoms with E-state index in [0.717, 1.165) is 24.9 Å². The molecule has 0 radical (unpaired) electrons. The third kappa shape index (κ3) is 4.52. The van der Waals surface area contributed by atoms with Crippen molar-refractivity contribution in [2.75, 3.05) is 18.0 Å². The Hall–Kier alpha value is -1.71. The van der Waals surface area contributed by atoms with Crippen molar-refractivity contribution >= 4 is 34.8 Å². The van der Waals surface area contributed by atoms with Crippen molar-refractivity contribution in [3.8, 4) is 0 Å². The van der Waals surface area contributed by atoms with Gasteiger partial charge in [0.25, 0.3) is 0 Å². The molecule has 0 saturated carbocycles. The fourth-order valence-corrected chi connectivity index (χ4v) is 4.13. The third-order valence-electron chi connectivity index (χ3n) is 4.91. The number of carbonyl (C=O) groups is 1. The van der Waals surface area contributed by atoms with Crippen LogP contribution in [-0.4, -0.2) is 25.0 Å². The number of carbonyl (C=O) groups excluding carboxylic acids is 1. The summed E-state index contributed by atoms with van der Waals surface area (Å²) in [5, 5.41) is 4.24. The fraction of sp³-hybridized carbons (Fsp3) is 0.381. The van der Waals surface area contributed by atoms with Crippen LogP contribution in [0, 0.1) is 0 Å². The van der Waals surface area contributed by atoms with E-state index < -0.39 is 0 Å². The summed E-state index contributed by atoms with van der Waals surface area (Å²) in [6.45, 7) is 3.89. The topological polar surface area (TPSA) is 32.3 Å². The second-order valence-electron chi connectivity index (χ2n) is 6.78. The normalized spacial score (nSPS) is 15.8. The van der Waals surface area contributed by atoms with Gasteiger partial charge >= 0.3 is 0 Å². The highest BCUT2D eigenvalue weighted by Crippen LogP contribution is 2.31. The lowest BCUT2D eigenvalue weighted by Crippen LogP contribution is -2.33. The van der Waals surface area contributed by atoms with Crippen molar-refractivity contribution in [3.05, 3.63) is 63.6 Å². The highest BCUT2D eigenvalue weighted by molar-refractivity contribution is 6.36. The van der Waals surface area contributed by atoms with Crippen LogP contribution in [0.4, 0.5) is 5.69 Å². The molecule has 5 heteroatoms. The van der Waals surface area contributed by atoms with Crippen LogP contribution < -0.4 is 10.2 Å². The van der Waals surface area contributed by atoms with Crippen LogP contribution in [0.2, 0.25) is 10.0 Å². The molecule has 3 nitrogen and oxygen atoms in total. The largest absolute Gasteiger partial charge is 0.368 e. The molecule has 1 heterocycles. The van der Waals surface area contributed by atoms with E-state index in [0.29, 0.717) is 35.5 Å².